The molecule has 0 amide bonds. The molecule has 0 bridgehead atoms. The van der Waals surface area contributed by atoms with Crippen LogP contribution in [0.15, 0.2) is 91.0 Å². The Morgan fingerprint density at radius 3 is 1.73 bits per heavy atom. The molecule has 0 aliphatic carbocycles. The van der Waals surface area contributed by atoms with E-state index in [0.29, 0.717) is 5.56 Å². The standard InChI is InChI=1S/C49H47N3/c1-3-5-7-9-14-33-21-25-44-41(28-33)42-29-34(15-10-8-6-4-2)22-26-45(42)52(44)27-13-18-36-30-37-17-12-19-39-47(37)49(43(36)32-51)40-20-11-16-35-23-24-38(31-50)48(39)46(35)40/h11-12,16-17,19-26,28-30H,3-10,13-15,18,27H2,1-2H3. The van der Waals surface area contributed by atoms with Gasteiger partial charge >= 0.3 is 0 Å². The largest absolute Gasteiger partial charge is 0.340 e. The van der Waals surface area contributed by atoms with Crippen molar-refractivity contribution in [1.82, 2.24) is 4.57 Å². The van der Waals surface area contributed by atoms with Gasteiger partial charge in [0.05, 0.1) is 17.2 Å². The Kier molecular flexibility index (Phi) is 9.54. The van der Waals surface area contributed by atoms with Crippen LogP contribution in [0.4, 0.5) is 0 Å². The predicted octanol–water partition coefficient (Wildman–Crippen LogP) is 13.5. The zero-order valence-electron chi connectivity index (χ0n) is 30.7. The molecule has 0 fully saturated rings. The molecule has 3 heteroatoms. The number of unbranched alkanes of at least 4 members (excludes halogenated alkanes) is 6. The lowest BCUT2D eigenvalue weighted by molar-refractivity contribution is 0.666. The van der Waals surface area contributed by atoms with E-state index in [1.165, 1.54) is 84.3 Å². The van der Waals surface area contributed by atoms with Gasteiger partial charge in [0.15, 0.2) is 0 Å². The van der Waals surface area contributed by atoms with Crippen LogP contribution >= 0.6 is 0 Å². The number of benzene rings is 7. The number of hydrogen-bond acceptors (Lipinski definition) is 2. The molecule has 0 unspecified atom stereocenters. The van der Waals surface area contributed by atoms with Crippen molar-refractivity contribution in [2.75, 3.05) is 0 Å². The van der Waals surface area contributed by atoms with Gasteiger partial charge in [-0.1, -0.05) is 107 Å². The average Bonchev–Trinajstić information content (AvgIpc) is 3.48. The van der Waals surface area contributed by atoms with Crippen molar-refractivity contribution < 1.29 is 0 Å². The summed E-state index contributed by atoms with van der Waals surface area (Å²) in [6.07, 6.45) is 14.2. The third kappa shape index (κ3) is 5.93. The van der Waals surface area contributed by atoms with Crippen molar-refractivity contribution in [2.45, 2.75) is 97.4 Å². The molecule has 1 heterocycles. The summed E-state index contributed by atoms with van der Waals surface area (Å²) in [5, 5.41) is 32.2. The van der Waals surface area contributed by atoms with E-state index >= 15 is 0 Å². The highest BCUT2D eigenvalue weighted by Gasteiger charge is 2.20. The van der Waals surface area contributed by atoms with E-state index in [9.17, 15) is 10.5 Å². The summed E-state index contributed by atoms with van der Waals surface area (Å²) in [6, 6.07) is 38.4. The molecule has 3 nitrogen and oxygen atoms in total. The summed E-state index contributed by atoms with van der Waals surface area (Å²) in [4.78, 5) is 0. The topological polar surface area (TPSA) is 52.5 Å². The van der Waals surface area contributed by atoms with Crippen molar-refractivity contribution in [3.8, 4) is 12.1 Å². The van der Waals surface area contributed by atoms with Gasteiger partial charge in [0.2, 0.25) is 0 Å². The second-order valence-electron chi connectivity index (χ2n) is 14.9. The number of nitriles is 2. The van der Waals surface area contributed by atoms with Crippen LogP contribution in [0.5, 0.6) is 0 Å². The summed E-state index contributed by atoms with van der Waals surface area (Å²) < 4.78 is 2.53. The molecule has 0 atom stereocenters. The van der Waals surface area contributed by atoms with E-state index in [0.717, 1.165) is 86.4 Å². The zero-order chi connectivity index (χ0) is 35.6. The minimum absolute atomic E-state index is 0.680. The smallest absolute Gasteiger partial charge is 0.100 e. The fourth-order valence-corrected chi connectivity index (χ4v) is 8.97. The van der Waals surface area contributed by atoms with Gasteiger partial charge in [0.1, 0.15) is 6.07 Å². The second kappa shape index (κ2) is 14.7. The Morgan fingerprint density at radius 2 is 1.12 bits per heavy atom. The van der Waals surface area contributed by atoms with Crippen LogP contribution in [0.2, 0.25) is 0 Å². The summed E-state index contributed by atoms with van der Waals surface area (Å²) in [5.74, 6) is 0. The molecule has 0 saturated heterocycles. The Labute approximate surface area is 307 Å². The summed E-state index contributed by atoms with van der Waals surface area (Å²) in [7, 11) is 0. The highest BCUT2D eigenvalue weighted by atomic mass is 15.0. The van der Waals surface area contributed by atoms with Crippen LogP contribution in [-0.2, 0) is 25.8 Å². The molecule has 0 N–H and O–H groups in total. The minimum Gasteiger partial charge on any atom is -0.340 e. The Hall–Kier alpha value is -5.38. The monoisotopic (exact) mass is 677 g/mol. The van der Waals surface area contributed by atoms with Gasteiger partial charge in [0.25, 0.3) is 0 Å². The Balaban J connectivity index is 1.18. The maximum absolute atomic E-state index is 10.8. The number of nitrogens with zero attached hydrogens (tertiary/aromatic N) is 3. The second-order valence-corrected chi connectivity index (χ2v) is 14.9. The maximum atomic E-state index is 10.8. The molecular formula is C49H47N3. The summed E-state index contributed by atoms with van der Waals surface area (Å²) >= 11 is 0. The van der Waals surface area contributed by atoms with E-state index in [4.69, 9.17) is 0 Å². The molecule has 258 valence electrons. The van der Waals surface area contributed by atoms with Crippen LogP contribution in [-0.4, -0.2) is 4.57 Å². The third-order valence-electron chi connectivity index (χ3n) is 11.5. The number of fused-ring (bicyclic) bond motifs is 5. The summed E-state index contributed by atoms with van der Waals surface area (Å²) in [5.41, 5.74) is 8.05. The van der Waals surface area contributed by atoms with Crippen molar-refractivity contribution in [1.29, 1.82) is 10.5 Å². The Morgan fingerprint density at radius 1 is 0.500 bits per heavy atom. The molecule has 0 saturated carbocycles. The normalized spacial score (nSPS) is 11.8. The zero-order valence-corrected chi connectivity index (χ0v) is 30.7. The van der Waals surface area contributed by atoms with Crippen LogP contribution in [0.1, 0.15) is 99.5 Å². The molecule has 0 spiro atoms. The van der Waals surface area contributed by atoms with Gasteiger partial charge in [-0.2, -0.15) is 10.5 Å². The highest BCUT2D eigenvalue weighted by Crippen LogP contribution is 2.44. The van der Waals surface area contributed by atoms with E-state index in [2.05, 4.69) is 109 Å². The first kappa shape index (κ1) is 33.7. The van der Waals surface area contributed by atoms with Crippen LogP contribution in [0.25, 0.3) is 64.9 Å². The van der Waals surface area contributed by atoms with E-state index in [-0.39, 0.29) is 0 Å². The molecule has 52 heavy (non-hydrogen) atoms. The van der Waals surface area contributed by atoms with Gasteiger partial charge in [-0.3, -0.25) is 0 Å². The fraction of sp³-hybridized carbons (Fsp3) is 0.306. The molecule has 1 aromatic heterocycles. The predicted molar refractivity (Wildman–Crippen MR) is 221 cm³/mol. The van der Waals surface area contributed by atoms with E-state index in [1.807, 2.05) is 12.1 Å². The number of aryl methyl sites for hydroxylation is 4. The SMILES string of the molecule is CCCCCCc1ccc2c(c1)c1cc(CCCCCC)ccc1n2CCCc1cc2cccc3c4c(C#N)ccc5cccc(c(c1C#N)c23)c54. The lowest BCUT2D eigenvalue weighted by atomic mass is 9.84. The highest BCUT2D eigenvalue weighted by molar-refractivity contribution is 6.35. The lowest BCUT2D eigenvalue weighted by Crippen LogP contribution is -2.02. The van der Waals surface area contributed by atoms with Gasteiger partial charge in [-0.15, -0.1) is 0 Å². The van der Waals surface area contributed by atoms with Gasteiger partial charge in [-0.05, 0) is 124 Å². The first-order valence-corrected chi connectivity index (χ1v) is 19.6. The molecule has 8 rings (SSSR count). The molecule has 0 aliphatic rings. The molecule has 0 aliphatic heterocycles. The molecule has 7 aromatic carbocycles. The van der Waals surface area contributed by atoms with E-state index in [1.54, 1.807) is 0 Å². The number of hydrogen-bond donors (Lipinski definition) is 0. The van der Waals surface area contributed by atoms with Gasteiger partial charge < -0.3 is 4.57 Å². The Bertz CT molecular complexity index is 2590. The first-order valence-electron chi connectivity index (χ1n) is 19.6. The van der Waals surface area contributed by atoms with E-state index < -0.39 is 0 Å². The average molecular weight is 678 g/mol. The number of rotatable bonds is 14. The summed E-state index contributed by atoms with van der Waals surface area (Å²) in [6.45, 7) is 5.44. The molecule has 8 aromatic rings. The molecular weight excluding hydrogens is 631 g/mol. The first-order chi connectivity index (χ1) is 25.6. The van der Waals surface area contributed by atoms with Crippen molar-refractivity contribution in [3.63, 3.8) is 0 Å². The number of aromatic nitrogens is 1. The van der Waals surface area contributed by atoms with Crippen LogP contribution in [0, 0.1) is 22.7 Å². The minimum atomic E-state index is 0.680. The van der Waals surface area contributed by atoms with Crippen molar-refractivity contribution in [2.24, 2.45) is 0 Å². The van der Waals surface area contributed by atoms with Crippen LogP contribution in [0.3, 0.4) is 0 Å². The maximum Gasteiger partial charge on any atom is 0.100 e. The lowest BCUT2D eigenvalue weighted by Gasteiger charge is -2.18. The fourth-order valence-electron chi connectivity index (χ4n) is 8.97. The molecule has 0 radical (unpaired) electrons. The third-order valence-corrected chi connectivity index (χ3v) is 11.5. The van der Waals surface area contributed by atoms with Gasteiger partial charge in [-0.25, -0.2) is 0 Å². The quantitative estimate of drug-likeness (QED) is 0.0653. The van der Waals surface area contributed by atoms with Gasteiger partial charge in [0, 0.05) is 39.1 Å². The van der Waals surface area contributed by atoms with Crippen molar-refractivity contribution >= 4 is 64.9 Å². The van der Waals surface area contributed by atoms with Crippen LogP contribution < -0.4 is 0 Å². The van der Waals surface area contributed by atoms with Crippen molar-refractivity contribution in [3.05, 3.63) is 119 Å².